The summed E-state index contributed by atoms with van der Waals surface area (Å²) in [5, 5.41) is 6.94. The molecule has 1 atom stereocenters. The van der Waals surface area contributed by atoms with E-state index in [1.165, 1.54) is 0 Å². The van der Waals surface area contributed by atoms with E-state index in [1.807, 2.05) is 61.2 Å². The largest absolute Gasteiger partial charge is 0.493 e. The van der Waals surface area contributed by atoms with Gasteiger partial charge >= 0.3 is 0 Å². The molecule has 0 saturated carbocycles. The molecule has 0 aromatic heterocycles. The number of amides is 1. The molecule has 3 rings (SSSR count). The molecular weight excluding hydrogens is 386 g/mol. The number of hydrogen-bond acceptors (Lipinski definition) is 4. The van der Waals surface area contributed by atoms with Gasteiger partial charge in [-0.25, -0.2) is 0 Å². The molecule has 1 fully saturated rings. The van der Waals surface area contributed by atoms with Crippen LogP contribution in [0.5, 0.6) is 11.5 Å². The highest BCUT2D eigenvalue weighted by molar-refractivity contribution is 7.80. The Morgan fingerprint density at radius 2 is 2.00 bits per heavy atom. The van der Waals surface area contributed by atoms with E-state index in [9.17, 15) is 4.79 Å². The van der Waals surface area contributed by atoms with Crippen molar-refractivity contribution in [3.63, 3.8) is 0 Å². The Balaban J connectivity index is 1.52. The predicted octanol–water partition coefficient (Wildman–Crippen LogP) is 3.88. The lowest BCUT2D eigenvalue weighted by Gasteiger charge is -2.21. The summed E-state index contributed by atoms with van der Waals surface area (Å²) in [6, 6.07) is 13.5. The van der Waals surface area contributed by atoms with Gasteiger partial charge in [0.05, 0.1) is 13.2 Å². The van der Waals surface area contributed by atoms with Crippen molar-refractivity contribution >= 4 is 34.6 Å². The minimum absolute atomic E-state index is 0.00232. The summed E-state index contributed by atoms with van der Waals surface area (Å²) < 4.78 is 11.1. The van der Waals surface area contributed by atoms with Crippen molar-refractivity contribution in [2.75, 3.05) is 30.5 Å². The van der Waals surface area contributed by atoms with Crippen molar-refractivity contribution in [2.24, 2.45) is 0 Å². The molecular formula is C22H27N3O3S. The maximum atomic E-state index is 12.0. The van der Waals surface area contributed by atoms with E-state index in [0.29, 0.717) is 29.6 Å². The Kier molecular flexibility index (Phi) is 6.93. The van der Waals surface area contributed by atoms with Gasteiger partial charge in [0.2, 0.25) is 5.91 Å². The van der Waals surface area contributed by atoms with Crippen LogP contribution in [0.25, 0.3) is 0 Å². The third-order valence-corrected chi connectivity index (χ3v) is 4.97. The molecule has 2 aromatic carbocycles. The van der Waals surface area contributed by atoms with E-state index in [4.69, 9.17) is 21.7 Å². The molecule has 1 heterocycles. The molecule has 0 unspecified atom stereocenters. The summed E-state index contributed by atoms with van der Waals surface area (Å²) in [7, 11) is 1.62. The zero-order valence-corrected chi connectivity index (χ0v) is 17.8. The molecule has 0 radical (unpaired) electrons. The Labute approximate surface area is 177 Å². The third kappa shape index (κ3) is 5.38. The minimum atomic E-state index is 0.00232. The first kappa shape index (κ1) is 20.9. The van der Waals surface area contributed by atoms with Crippen molar-refractivity contribution in [1.82, 2.24) is 5.32 Å². The van der Waals surface area contributed by atoms with E-state index in [2.05, 4.69) is 10.6 Å². The zero-order valence-electron chi connectivity index (χ0n) is 17.0. The number of aryl methyl sites for hydroxylation is 1. The quantitative estimate of drug-likeness (QED) is 0.672. The van der Waals surface area contributed by atoms with E-state index >= 15 is 0 Å². The lowest BCUT2D eigenvalue weighted by atomic mass is 10.1. The first-order valence-electron chi connectivity index (χ1n) is 9.72. The molecule has 1 saturated heterocycles. The molecule has 29 heavy (non-hydrogen) atoms. The number of benzene rings is 2. The molecule has 0 spiro atoms. The Hall–Kier alpha value is -2.80. The van der Waals surface area contributed by atoms with E-state index in [-0.39, 0.29) is 11.9 Å². The molecule has 154 valence electrons. The van der Waals surface area contributed by atoms with Gasteiger partial charge in [-0.15, -0.1) is 0 Å². The molecule has 2 N–H and O–H groups in total. The lowest BCUT2D eigenvalue weighted by Crippen LogP contribution is -2.39. The van der Waals surface area contributed by atoms with Crippen LogP contribution >= 0.6 is 12.2 Å². The summed E-state index contributed by atoms with van der Waals surface area (Å²) in [6.07, 6.45) is 1.54. The highest BCUT2D eigenvalue weighted by Crippen LogP contribution is 2.28. The SMILES string of the molecule is COc1ccccc1OC[C@@H](C)NC(=S)Nc1ccc(N2CCCC2=O)c(C)c1. The fourth-order valence-electron chi connectivity index (χ4n) is 3.32. The predicted molar refractivity (Wildman–Crippen MR) is 120 cm³/mol. The van der Waals surface area contributed by atoms with Crippen LogP contribution in [-0.4, -0.2) is 37.3 Å². The number of carbonyl (C=O) groups is 1. The minimum Gasteiger partial charge on any atom is -0.493 e. The summed E-state index contributed by atoms with van der Waals surface area (Å²) in [5.41, 5.74) is 2.89. The van der Waals surface area contributed by atoms with Crippen molar-refractivity contribution < 1.29 is 14.3 Å². The van der Waals surface area contributed by atoms with Gasteiger partial charge in [0, 0.05) is 24.3 Å². The molecule has 6 nitrogen and oxygen atoms in total. The summed E-state index contributed by atoms with van der Waals surface area (Å²) in [4.78, 5) is 13.8. The van der Waals surface area contributed by atoms with Gasteiger partial charge in [-0.2, -0.15) is 0 Å². The van der Waals surface area contributed by atoms with Crippen LogP contribution in [0.4, 0.5) is 11.4 Å². The fraction of sp³-hybridized carbons (Fsp3) is 0.364. The van der Waals surface area contributed by atoms with E-state index in [1.54, 1.807) is 7.11 Å². The van der Waals surface area contributed by atoms with Crippen LogP contribution < -0.4 is 25.0 Å². The second kappa shape index (κ2) is 9.60. The summed E-state index contributed by atoms with van der Waals surface area (Å²) in [5.74, 6) is 1.59. The van der Waals surface area contributed by atoms with Gasteiger partial charge in [-0.1, -0.05) is 12.1 Å². The number of methoxy groups -OCH3 is 1. The van der Waals surface area contributed by atoms with Crippen LogP contribution in [0.15, 0.2) is 42.5 Å². The standard InChI is InChI=1S/C22H27N3O3S/c1-15-13-17(10-11-18(15)25-12-6-9-21(25)26)24-22(29)23-16(2)14-28-20-8-5-4-7-19(20)27-3/h4-5,7-8,10-11,13,16H,6,9,12,14H2,1-3H3,(H2,23,24,29)/t16-/m1/s1. The smallest absolute Gasteiger partial charge is 0.227 e. The van der Waals surface area contributed by atoms with Crippen molar-refractivity contribution in [3.8, 4) is 11.5 Å². The molecule has 1 amide bonds. The Bertz CT molecular complexity index is 887. The van der Waals surface area contributed by atoms with Gasteiger partial charge in [-0.3, -0.25) is 4.79 Å². The second-order valence-electron chi connectivity index (χ2n) is 7.11. The maximum Gasteiger partial charge on any atom is 0.227 e. The van der Waals surface area contributed by atoms with Crippen molar-refractivity contribution in [1.29, 1.82) is 0 Å². The van der Waals surface area contributed by atoms with Gasteiger partial charge in [0.15, 0.2) is 16.6 Å². The van der Waals surface area contributed by atoms with Crippen LogP contribution in [0.2, 0.25) is 0 Å². The number of para-hydroxylation sites is 2. The Morgan fingerprint density at radius 3 is 2.66 bits per heavy atom. The van der Waals surface area contributed by atoms with Gasteiger partial charge in [-0.05, 0) is 68.4 Å². The first-order chi connectivity index (χ1) is 14.0. The van der Waals surface area contributed by atoms with Crippen molar-refractivity contribution in [3.05, 3.63) is 48.0 Å². The number of thiocarbonyl (C=S) groups is 1. The van der Waals surface area contributed by atoms with Gasteiger partial charge < -0.3 is 25.0 Å². The number of hydrogen-bond donors (Lipinski definition) is 2. The fourth-order valence-corrected chi connectivity index (χ4v) is 3.64. The average molecular weight is 414 g/mol. The second-order valence-corrected chi connectivity index (χ2v) is 7.52. The Morgan fingerprint density at radius 1 is 1.24 bits per heavy atom. The van der Waals surface area contributed by atoms with E-state index in [0.717, 1.165) is 29.9 Å². The average Bonchev–Trinajstić information content (AvgIpc) is 3.12. The molecule has 0 bridgehead atoms. The molecule has 7 heteroatoms. The maximum absolute atomic E-state index is 12.0. The third-order valence-electron chi connectivity index (χ3n) is 4.75. The molecule has 1 aliphatic heterocycles. The summed E-state index contributed by atoms with van der Waals surface area (Å²) >= 11 is 5.43. The number of carbonyl (C=O) groups excluding carboxylic acids is 1. The van der Waals surface area contributed by atoms with Crippen LogP contribution in [0, 0.1) is 6.92 Å². The number of ether oxygens (including phenoxy) is 2. The topological polar surface area (TPSA) is 62.8 Å². The molecule has 1 aliphatic rings. The van der Waals surface area contributed by atoms with E-state index < -0.39 is 0 Å². The monoisotopic (exact) mass is 413 g/mol. The van der Waals surface area contributed by atoms with Crippen LogP contribution in [0.1, 0.15) is 25.3 Å². The normalized spacial score (nSPS) is 14.4. The number of nitrogens with one attached hydrogen (secondary N) is 2. The van der Waals surface area contributed by atoms with Crippen molar-refractivity contribution in [2.45, 2.75) is 32.7 Å². The lowest BCUT2D eigenvalue weighted by molar-refractivity contribution is -0.117. The first-order valence-corrected chi connectivity index (χ1v) is 10.1. The number of anilines is 2. The number of rotatable bonds is 7. The zero-order chi connectivity index (χ0) is 20.8. The highest BCUT2D eigenvalue weighted by Gasteiger charge is 2.23. The highest BCUT2D eigenvalue weighted by atomic mass is 32.1. The van der Waals surface area contributed by atoms with Crippen LogP contribution in [0.3, 0.4) is 0 Å². The van der Waals surface area contributed by atoms with Crippen LogP contribution in [-0.2, 0) is 4.79 Å². The number of nitrogens with zero attached hydrogens (tertiary/aromatic N) is 1. The summed E-state index contributed by atoms with van der Waals surface area (Å²) in [6.45, 7) is 5.23. The van der Waals surface area contributed by atoms with Gasteiger partial charge in [0.1, 0.15) is 6.61 Å². The molecule has 0 aliphatic carbocycles. The van der Waals surface area contributed by atoms with Gasteiger partial charge in [0.25, 0.3) is 0 Å². The molecule has 2 aromatic rings.